The van der Waals surface area contributed by atoms with Gasteiger partial charge in [-0.05, 0) is 47.5 Å². The number of halogens is 1. The summed E-state index contributed by atoms with van der Waals surface area (Å²) in [6.45, 7) is 4.99. The van der Waals surface area contributed by atoms with Crippen LogP contribution in [0.2, 0.25) is 0 Å². The number of aromatic nitrogens is 1. The summed E-state index contributed by atoms with van der Waals surface area (Å²) < 4.78 is 13.1. The second kappa shape index (κ2) is 8.99. The Morgan fingerprint density at radius 1 is 1.15 bits per heavy atom. The number of benzene rings is 2. The van der Waals surface area contributed by atoms with Crippen molar-refractivity contribution in [1.82, 2.24) is 4.98 Å². The Labute approximate surface area is 191 Å². The highest BCUT2D eigenvalue weighted by Gasteiger charge is 2.37. The lowest BCUT2D eigenvalue weighted by atomic mass is 9.87. The molecule has 0 fully saturated rings. The molecule has 4 N–H and O–H groups in total. The standard InChI is InChI=1S/C25H26FN5O2/c1-25(2)15-31(22(32)13-27)21-12-18(9-10-20(21)25)30-24(33)19-4-3-11-28-23(19)29-14-16-5-7-17(26)8-6-16/h3-12H,13-15,27H2,1-2H3,(H,28,29)(H,30,33). The maximum atomic E-state index is 13.1. The van der Waals surface area contributed by atoms with Gasteiger partial charge in [-0.3, -0.25) is 9.59 Å². The summed E-state index contributed by atoms with van der Waals surface area (Å²) in [7, 11) is 0. The highest BCUT2D eigenvalue weighted by Crippen LogP contribution is 2.41. The molecular formula is C25H26FN5O2. The van der Waals surface area contributed by atoms with Crippen molar-refractivity contribution in [1.29, 1.82) is 0 Å². The first kappa shape index (κ1) is 22.4. The topological polar surface area (TPSA) is 100 Å². The van der Waals surface area contributed by atoms with Crippen molar-refractivity contribution in [3.05, 3.63) is 83.3 Å². The fraction of sp³-hybridized carbons (Fsp3) is 0.240. The van der Waals surface area contributed by atoms with Crippen LogP contribution in [0, 0.1) is 5.82 Å². The Morgan fingerprint density at radius 3 is 2.64 bits per heavy atom. The van der Waals surface area contributed by atoms with E-state index in [9.17, 15) is 14.0 Å². The van der Waals surface area contributed by atoms with Gasteiger partial charge in [0, 0.05) is 36.1 Å². The molecule has 4 rings (SSSR count). The molecule has 1 aliphatic heterocycles. The Balaban J connectivity index is 1.53. The Hall–Kier alpha value is -3.78. The molecule has 3 aromatic rings. The van der Waals surface area contributed by atoms with Crippen LogP contribution in [-0.4, -0.2) is 29.9 Å². The molecule has 2 amide bonds. The van der Waals surface area contributed by atoms with Gasteiger partial charge in [0.2, 0.25) is 5.91 Å². The van der Waals surface area contributed by atoms with Crippen LogP contribution in [0.25, 0.3) is 0 Å². The van der Waals surface area contributed by atoms with Gasteiger partial charge in [0.15, 0.2) is 0 Å². The Morgan fingerprint density at radius 2 is 1.91 bits per heavy atom. The monoisotopic (exact) mass is 447 g/mol. The lowest BCUT2D eigenvalue weighted by Crippen LogP contribution is -2.37. The number of nitrogens with zero attached hydrogens (tertiary/aromatic N) is 2. The first-order valence-corrected chi connectivity index (χ1v) is 10.7. The number of carbonyl (C=O) groups excluding carboxylic acids is 2. The van der Waals surface area contributed by atoms with Gasteiger partial charge in [-0.25, -0.2) is 9.37 Å². The summed E-state index contributed by atoms with van der Waals surface area (Å²) in [6, 6.07) is 15.0. The molecule has 0 saturated heterocycles. The number of fused-ring (bicyclic) bond motifs is 1. The van der Waals surface area contributed by atoms with E-state index in [1.807, 2.05) is 12.1 Å². The van der Waals surface area contributed by atoms with Crippen LogP contribution in [0.5, 0.6) is 0 Å². The molecule has 170 valence electrons. The third-order valence-corrected chi connectivity index (χ3v) is 5.73. The zero-order valence-electron chi connectivity index (χ0n) is 18.6. The fourth-order valence-corrected chi connectivity index (χ4v) is 4.02. The number of nitrogens with one attached hydrogen (secondary N) is 2. The number of amides is 2. The molecule has 0 aliphatic carbocycles. The minimum Gasteiger partial charge on any atom is -0.365 e. The number of rotatable bonds is 6. The smallest absolute Gasteiger partial charge is 0.259 e. The van der Waals surface area contributed by atoms with E-state index >= 15 is 0 Å². The van der Waals surface area contributed by atoms with E-state index in [0.29, 0.717) is 30.2 Å². The summed E-state index contributed by atoms with van der Waals surface area (Å²) in [5.41, 5.74) is 8.98. The molecule has 2 aromatic carbocycles. The predicted octanol–water partition coefficient (Wildman–Crippen LogP) is 3.67. The van der Waals surface area contributed by atoms with E-state index in [1.54, 1.807) is 41.4 Å². The van der Waals surface area contributed by atoms with Crippen molar-refractivity contribution < 1.29 is 14.0 Å². The molecule has 0 unspecified atom stereocenters. The first-order chi connectivity index (χ1) is 15.8. The van der Waals surface area contributed by atoms with E-state index in [2.05, 4.69) is 29.5 Å². The van der Waals surface area contributed by atoms with Crippen LogP contribution in [0.15, 0.2) is 60.8 Å². The summed E-state index contributed by atoms with van der Waals surface area (Å²) in [5, 5.41) is 6.04. The molecule has 1 aromatic heterocycles. The van der Waals surface area contributed by atoms with Crippen molar-refractivity contribution in [3.63, 3.8) is 0 Å². The minimum absolute atomic E-state index is 0.0785. The highest BCUT2D eigenvalue weighted by atomic mass is 19.1. The van der Waals surface area contributed by atoms with Crippen molar-refractivity contribution in [2.75, 3.05) is 28.6 Å². The number of nitrogens with two attached hydrogens (primary N) is 1. The normalized spacial score (nSPS) is 14.0. The van der Waals surface area contributed by atoms with Crippen molar-refractivity contribution >= 4 is 29.0 Å². The zero-order valence-corrected chi connectivity index (χ0v) is 18.6. The molecular weight excluding hydrogens is 421 g/mol. The van der Waals surface area contributed by atoms with Crippen molar-refractivity contribution in [2.24, 2.45) is 5.73 Å². The molecule has 0 radical (unpaired) electrons. The number of anilines is 3. The number of hydrogen-bond donors (Lipinski definition) is 3. The van der Waals surface area contributed by atoms with Gasteiger partial charge < -0.3 is 21.3 Å². The van der Waals surface area contributed by atoms with Crippen molar-refractivity contribution in [2.45, 2.75) is 25.8 Å². The average molecular weight is 448 g/mol. The summed E-state index contributed by atoms with van der Waals surface area (Å²) in [4.78, 5) is 31.4. The summed E-state index contributed by atoms with van der Waals surface area (Å²) in [6.07, 6.45) is 1.59. The number of pyridine rings is 1. The van der Waals surface area contributed by atoms with Gasteiger partial charge in [0.05, 0.1) is 12.1 Å². The molecule has 7 nitrogen and oxygen atoms in total. The minimum atomic E-state index is -0.335. The van der Waals surface area contributed by atoms with E-state index in [4.69, 9.17) is 5.73 Å². The van der Waals surface area contributed by atoms with Gasteiger partial charge in [-0.2, -0.15) is 0 Å². The molecule has 0 bridgehead atoms. The molecule has 0 atom stereocenters. The number of carbonyl (C=O) groups is 2. The SMILES string of the molecule is CC1(C)CN(C(=O)CN)c2cc(NC(=O)c3cccnc3NCc3ccc(F)cc3)ccc21. The Kier molecular flexibility index (Phi) is 6.11. The highest BCUT2D eigenvalue weighted by molar-refractivity contribution is 6.08. The third kappa shape index (κ3) is 4.70. The van der Waals surface area contributed by atoms with Gasteiger partial charge in [0.25, 0.3) is 5.91 Å². The van der Waals surface area contributed by atoms with Crippen LogP contribution in [0.3, 0.4) is 0 Å². The fourth-order valence-electron chi connectivity index (χ4n) is 4.02. The molecule has 0 saturated carbocycles. The number of hydrogen-bond acceptors (Lipinski definition) is 5. The van der Waals surface area contributed by atoms with Crippen LogP contribution in [-0.2, 0) is 16.8 Å². The van der Waals surface area contributed by atoms with E-state index in [-0.39, 0.29) is 29.6 Å². The van der Waals surface area contributed by atoms with Crippen LogP contribution >= 0.6 is 0 Å². The second-order valence-electron chi connectivity index (χ2n) is 8.63. The van der Waals surface area contributed by atoms with Crippen LogP contribution in [0.1, 0.15) is 35.3 Å². The van der Waals surface area contributed by atoms with Crippen LogP contribution < -0.4 is 21.3 Å². The predicted molar refractivity (Wildman–Crippen MR) is 127 cm³/mol. The quantitative estimate of drug-likeness (QED) is 0.535. The molecule has 1 aliphatic rings. The lowest BCUT2D eigenvalue weighted by molar-refractivity contribution is -0.117. The largest absolute Gasteiger partial charge is 0.365 e. The first-order valence-electron chi connectivity index (χ1n) is 10.7. The van der Waals surface area contributed by atoms with Gasteiger partial charge in [0.1, 0.15) is 11.6 Å². The summed E-state index contributed by atoms with van der Waals surface area (Å²) in [5.74, 6) is -0.383. The molecule has 8 heteroatoms. The van der Waals surface area contributed by atoms with Crippen molar-refractivity contribution in [3.8, 4) is 0 Å². The third-order valence-electron chi connectivity index (χ3n) is 5.73. The molecule has 2 heterocycles. The van der Waals surface area contributed by atoms with Gasteiger partial charge in [-0.1, -0.05) is 32.0 Å². The summed E-state index contributed by atoms with van der Waals surface area (Å²) >= 11 is 0. The molecule has 0 spiro atoms. The maximum absolute atomic E-state index is 13.1. The van der Waals surface area contributed by atoms with Gasteiger partial charge in [-0.15, -0.1) is 0 Å². The van der Waals surface area contributed by atoms with E-state index in [1.165, 1.54) is 12.1 Å². The second-order valence-corrected chi connectivity index (χ2v) is 8.63. The Bertz CT molecular complexity index is 1190. The van der Waals surface area contributed by atoms with E-state index < -0.39 is 0 Å². The maximum Gasteiger partial charge on any atom is 0.259 e. The molecule has 33 heavy (non-hydrogen) atoms. The van der Waals surface area contributed by atoms with E-state index in [0.717, 1.165) is 16.8 Å². The average Bonchev–Trinajstić information content (AvgIpc) is 3.08. The van der Waals surface area contributed by atoms with Gasteiger partial charge >= 0.3 is 0 Å². The zero-order chi connectivity index (χ0) is 23.6. The lowest BCUT2D eigenvalue weighted by Gasteiger charge is -2.20. The van der Waals surface area contributed by atoms with Crippen LogP contribution in [0.4, 0.5) is 21.6 Å².